The molecule has 1 aliphatic carbocycles. The van der Waals surface area contributed by atoms with Crippen molar-refractivity contribution in [2.45, 2.75) is 58.0 Å². The third kappa shape index (κ3) is 3.55. The van der Waals surface area contributed by atoms with Crippen LogP contribution in [-0.2, 0) is 29.7 Å². The number of amides is 1. The van der Waals surface area contributed by atoms with Gasteiger partial charge in [0.1, 0.15) is 12.2 Å². The summed E-state index contributed by atoms with van der Waals surface area (Å²) in [6, 6.07) is 5.32. The Morgan fingerprint density at radius 2 is 2.03 bits per heavy atom. The molecule has 1 fully saturated rings. The molecule has 0 radical (unpaired) electrons. The van der Waals surface area contributed by atoms with Crippen LogP contribution in [-0.4, -0.2) is 27.8 Å². The molecule has 35 heavy (non-hydrogen) atoms. The third-order valence-corrected chi connectivity index (χ3v) is 6.92. The molecule has 1 amide bonds. The second kappa shape index (κ2) is 8.45. The quantitative estimate of drug-likeness (QED) is 0.518. The Morgan fingerprint density at radius 1 is 1.26 bits per heavy atom. The number of carbonyl (C=O) groups excluding carboxylic acids is 1. The van der Waals surface area contributed by atoms with Crippen LogP contribution in [0.25, 0.3) is 11.3 Å². The van der Waals surface area contributed by atoms with Crippen molar-refractivity contribution >= 4 is 11.6 Å². The molecule has 3 aromatic rings. The van der Waals surface area contributed by atoms with Crippen LogP contribution in [0.15, 0.2) is 24.5 Å². The van der Waals surface area contributed by atoms with E-state index >= 15 is 8.78 Å². The molecular formula is C26H25F2N5O2. The number of carbonyl (C=O) groups is 1. The molecule has 0 atom stereocenters. The van der Waals surface area contributed by atoms with E-state index < -0.39 is 17.0 Å². The van der Waals surface area contributed by atoms with Crippen LogP contribution in [0.4, 0.5) is 14.5 Å². The van der Waals surface area contributed by atoms with Gasteiger partial charge in [-0.2, -0.15) is 10.4 Å². The lowest BCUT2D eigenvalue weighted by atomic mass is 9.85. The number of benzene rings is 1. The van der Waals surface area contributed by atoms with Gasteiger partial charge in [0.05, 0.1) is 36.5 Å². The van der Waals surface area contributed by atoms with Crippen LogP contribution >= 0.6 is 0 Å². The fourth-order valence-electron chi connectivity index (χ4n) is 5.02. The van der Waals surface area contributed by atoms with Crippen molar-refractivity contribution in [3.63, 3.8) is 0 Å². The zero-order chi connectivity index (χ0) is 24.9. The first-order valence-electron chi connectivity index (χ1n) is 11.6. The van der Waals surface area contributed by atoms with Crippen molar-refractivity contribution in [2.75, 3.05) is 12.0 Å². The minimum atomic E-state index is -0.873. The highest BCUT2D eigenvalue weighted by Crippen LogP contribution is 2.55. The topological polar surface area (TPSA) is 84.0 Å². The van der Waals surface area contributed by atoms with E-state index in [0.717, 1.165) is 22.4 Å². The van der Waals surface area contributed by atoms with Gasteiger partial charge < -0.3 is 9.64 Å². The Balaban J connectivity index is 1.60. The van der Waals surface area contributed by atoms with Crippen molar-refractivity contribution in [2.24, 2.45) is 0 Å². The summed E-state index contributed by atoms with van der Waals surface area (Å²) in [6.07, 6.45) is 5.71. The lowest BCUT2D eigenvalue weighted by Crippen LogP contribution is -2.45. The zero-order valence-corrected chi connectivity index (χ0v) is 19.9. The summed E-state index contributed by atoms with van der Waals surface area (Å²) in [4.78, 5) is 19.5. The average Bonchev–Trinajstić information content (AvgIpc) is 3.56. The molecule has 5 rings (SSSR count). The van der Waals surface area contributed by atoms with E-state index in [2.05, 4.69) is 16.2 Å². The maximum absolute atomic E-state index is 15.5. The molecule has 0 saturated heterocycles. The highest BCUT2D eigenvalue weighted by molar-refractivity contribution is 6.05. The molecule has 9 heteroatoms. The highest BCUT2D eigenvalue weighted by Gasteiger charge is 2.57. The molecule has 1 aromatic carbocycles. The predicted octanol–water partition coefficient (Wildman–Crippen LogP) is 4.59. The predicted molar refractivity (Wildman–Crippen MR) is 125 cm³/mol. The molecule has 1 spiro atoms. The van der Waals surface area contributed by atoms with Gasteiger partial charge in [0.2, 0.25) is 5.91 Å². The molecule has 0 N–H and O–H groups in total. The standard InChI is InChI=1S/C26H25F2N5O2/c1-4-5-16-10-21(35-3)23(28)24(22(16)27)33-13-17-12-30-20(11-19(17)26(6-7-26)25(33)34)18-14-32(9-8-29)31-15(18)2/h10-12,14H,4-7,9,13H2,1-3H3. The highest BCUT2D eigenvalue weighted by atomic mass is 19.1. The number of hydrogen-bond donors (Lipinski definition) is 0. The summed E-state index contributed by atoms with van der Waals surface area (Å²) in [7, 11) is 1.33. The van der Waals surface area contributed by atoms with Crippen LogP contribution in [0.2, 0.25) is 0 Å². The van der Waals surface area contributed by atoms with Gasteiger partial charge in [0.15, 0.2) is 17.4 Å². The largest absolute Gasteiger partial charge is 0.494 e. The van der Waals surface area contributed by atoms with Crippen molar-refractivity contribution in [3.05, 3.63) is 58.5 Å². The van der Waals surface area contributed by atoms with Crippen LogP contribution in [0.3, 0.4) is 0 Å². The number of aromatic nitrogens is 3. The van der Waals surface area contributed by atoms with Gasteiger partial charge in [-0.3, -0.25) is 14.5 Å². The van der Waals surface area contributed by atoms with Crippen LogP contribution < -0.4 is 9.64 Å². The Morgan fingerprint density at radius 3 is 2.69 bits per heavy atom. The SMILES string of the molecule is CCCc1cc(OC)c(F)c(N2Cc3cnc(-c4cn(CC#N)nc4C)cc3C3(CC3)C2=O)c1F. The van der Waals surface area contributed by atoms with E-state index in [9.17, 15) is 4.79 Å². The second-order valence-corrected chi connectivity index (χ2v) is 9.15. The van der Waals surface area contributed by atoms with Gasteiger partial charge in [-0.15, -0.1) is 0 Å². The number of pyridine rings is 1. The van der Waals surface area contributed by atoms with Crippen LogP contribution in [0.5, 0.6) is 5.75 Å². The number of ether oxygens (including phenoxy) is 1. The first-order chi connectivity index (χ1) is 16.8. The lowest BCUT2D eigenvalue weighted by molar-refractivity contribution is -0.121. The van der Waals surface area contributed by atoms with Crippen molar-refractivity contribution in [1.82, 2.24) is 14.8 Å². The van der Waals surface area contributed by atoms with E-state index in [1.807, 2.05) is 19.9 Å². The Labute approximate surface area is 201 Å². The molecule has 2 aromatic heterocycles. The summed E-state index contributed by atoms with van der Waals surface area (Å²) in [6.45, 7) is 3.89. The zero-order valence-electron chi connectivity index (χ0n) is 19.9. The van der Waals surface area contributed by atoms with Crippen molar-refractivity contribution in [3.8, 4) is 23.1 Å². The number of anilines is 1. The monoisotopic (exact) mass is 477 g/mol. The number of halogens is 2. The molecule has 2 aliphatic rings. The molecular weight excluding hydrogens is 452 g/mol. The number of methoxy groups -OCH3 is 1. The first kappa shape index (κ1) is 23.0. The van der Waals surface area contributed by atoms with E-state index in [1.165, 1.54) is 18.1 Å². The molecule has 7 nitrogen and oxygen atoms in total. The molecule has 1 aliphatic heterocycles. The molecule has 3 heterocycles. The van der Waals surface area contributed by atoms with E-state index in [4.69, 9.17) is 10.00 Å². The molecule has 0 bridgehead atoms. The minimum Gasteiger partial charge on any atom is -0.494 e. The molecule has 0 unspecified atom stereocenters. The van der Waals surface area contributed by atoms with Gasteiger partial charge in [-0.25, -0.2) is 8.78 Å². The Hall–Kier alpha value is -3.80. The fourth-order valence-corrected chi connectivity index (χ4v) is 5.02. The number of aryl methyl sites for hydroxylation is 2. The van der Waals surface area contributed by atoms with Gasteiger partial charge in [0, 0.05) is 18.0 Å². The average molecular weight is 478 g/mol. The van der Waals surface area contributed by atoms with E-state index in [-0.39, 0.29) is 30.4 Å². The normalized spacial score (nSPS) is 15.8. The number of nitrogens with zero attached hydrogens (tertiary/aromatic N) is 5. The maximum atomic E-state index is 15.5. The van der Waals surface area contributed by atoms with E-state index in [1.54, 1.807) is 17.1 Å². The van der Waals surface area contributed by atoms with Gasteiger partial charge in [-0.1, -0.05) is 13.3 Å². The number of fused-ring (bicyclic) bond motifs is 2. The summed E-state index contributed by atoms with van der Waals surface area (Å²) < 4.78 is 37.6. The summed E-state index contributed by atoms with van der Waals surface area (Å²) in [5.41, 5.74) is 2.90. The third-order valence-electron chi connectivity index (χ3n) is 6.92. The summed E-state index contributed by atoms with van der Waals surface area (Å²) in [5, 5.41) is 13.3. The maximum Gasteiger partial charge on any atom is 0.238 e. The van der Waals surface area contributed by atoms with Gasteiger partial charge in [0.25, 0.3) is 0 Å². The summed E-state index contributed by atoms with van der Waals surface area (Å²) in [5.74, 6) is -1.98. The van der Waals surface area contributed by atoms with Crippen LogP contribution in [0.1, 0.15) is 48.6 Å². The number of nitriles is 1. The number of rotatable bonds is 6. The lowest BCUT2D eigenvalue weighted by Gasteiger charge is -2.35. The molecule has 1 saturated carbocycles. The van der Waals surface area contributed by atoms with Crippen molar-refractivity contribution in [1.29, 1.82) is 5.26 Å². The molecule has 180 valence electrons. The van der Waals surface area contributed by atoms with Crippen LogP contribution in [0, 0.1) is 29.9 Å². The minimum absolute atomic E-state index is 0.0163. The van der Waals surface area contributed by atoms with Gasteiger partial charge >= 0.3 is 0 Å². The Kier molecular flexibility index (Phi) is 5.55. The van der Waals surface area contributed by atoms with E-state index in [0.29, 0.717) is 36.9 Å². The second-order valence-electron chi connectivity index (χ2n) is 9.15. The first-order valence-corrected chi connectivity index (χ1v) is 11.6. The number of hydrogen-bond acceptors (Lipinski definition) is 5. The fraction of sp³-hybridized carbons (Fsp3) is 0.385. The Bertz CT molecular complexity index is 1390. The smallest absolute Gasteiger partial charge is 0.238 e. The van der Waals surface area contributed by atoms with Gasteiger partial charge in [-0.05, 0) is 55.0 Å². The van der Waals surface area contributed by atoms with Crippen molar-refractivity contribution < 1.29 is 18.3 Å². The summed E-state index contributed by atoms with van der Waals surface area (Å²) >= 11 is 0.